The van der Waals surface area contributed by atoms with Gasteiger partial charge in [-0.25, -0.2) is 9.78 Å². The normalized spacial score (nSPS) is 11.9. The first kappa shape index (κ1) is 16.9. The first-order valence-corrected chi connectivity index (χ1v) is 6.02. The van der Waals surface area contributed by atoms with E-state index in [1.807, 2.05) is 0 Å². The Morgan fingerprint density at radius 1 is 1.43 bits per heavy atom. The smallest absolute Gasteiger partial charge is 0.416 e. The minimum atomic E-state index is -4.59. The Bertz CT molecular complexity index is 524. The maximum absolute atomic E-state index is 12.7. The van der Waals surface area contributed by atoms with E-state index >= 15 is 0 Å². The van der Waals surface area contributed by atoms with Crippen molar-refractivity contribution in [1.29, 1.82) is 0 Å². The number of amides is 1. The summed E-state index contributed by atoms with van der Waals surface area (Å²) in [5.41, 5.74) is -0.620. The molecule has 5 nitrogen and oxygen atoms in total. The molecule has 0 unspecified atom stereocenters. The highest BCUT2D eigenvalue weighted by Gasteiger charge is 2.36. The van der Waals surface area contributed by atoms with E-state index in [4.69, 9.17) is 4.74 Å². The second kappa shape index (κ2) is 6.11. The molecule has 0 fully saturated rings. The summed E-state index contributed by atoms with van der Waals surface area (Å²) in [6.07, 6.45) is -4.47. The highest BCUT2D eigenvalue weighted by atomic mass is 19.4. The number of carbonyl (C=O) groups is 1. The molecule has 1 heterocycles. The predicted molar refractivity (Wildman–Crippen MR) is 73.1 cm³/mol. The Kier molecular flexibility index (Phi) is 4.93. The van der Waals surface area contributed by atoms with Crippen molar-refractivity contribution in [3.63, 3.8) is 0 Å². The number of aliphatic imine (C=N–C) groups is 1. The molecule has 0 saturated heterocycles. The first-order valence-electron chi connectivity index (χ1n) is 6.02. The van der Waals surface area contributed by atoms with Crippen LogP contribution in [0.25, 0.3) is 0 Å². The standard InChI is InChI=1S/C13H16F3N3O2/c1-12(2,3)21-11(20)19(8-13(14,15)16)10-7-9(17-4)5-6-18-10/h5-7H,4,8H2,1-3H3. The van der Waals surface area contributed by atoms with Gasteiger partial charge in [0.2, 0.25) is 0 Å². The number of hydrogen-bond acceptors (Lipinski definition) is 4. The van der Waals surface area contributed by atoms with Crippen LogP contribution in [0.15, 0.2) is 23.3 Å². The van der Waals surface area contributed by atoms with Gasteiger partial charge in [0.15, 0.2) is 0 Å². The number of ether oxygens (including phenoxy) is 1. The fourth-order valence-electron chi connectivity index (χ4n) is 1.39. The topological polar surface area (TPSA) is 54.8 Å². The van der Waals surface area contributed by atoms with E-state index in [9.17, 15) is 18.0 Å². The molecule has 0 aliphatic heterocycles. The van der Waals surface area contributed by atoms with E-state index in [0.29, 0.717) is 10.6 Å². The number of alkyl halides is 3. The van der Waals surface area contributed by atoms with Crippen molar-refractivity contribution in [2.24, 2.45) is 4.99 Å². The van der Waals surface area contributed by atoms with E-state index in [2.05, 4.69) is 16.7 Å². The van der Waals surface area contributed by atoms with Crippen LogP contribution in [0, 0.1) is 0 Å². The van der Waals surface area contributed by atoms with E-state index in [-0.39, 0.29) is 5.82 Å². The number of nitrogens with zero attached hydrogens (tertiary/aromatic N) is 3. The lowest BCUT2D eigenvalue weighted by atomic mass is 10.2. The number of aromatic nitrogens is 1. The molecule has 21 heavy (non-hydrogen) atoms. The number of pyridine rings is 1. The van der Waals surface area contributed by atoms with Crippen molar-refractivity contribution < 1.29 is 22.7 Å². The highest BCUT2D eigenvalue weighted by molar-refractivity contribution is 5.87. The summed E-state index contributed by atoms with van der Waals surface area (Å²) in [5.74, 6) is -0.202. The molecular formula is C13H16F3N3O2. The third kappa shape index (κ3) is 5.80. The zero-order valence-electron chi connectivity index (χ0n) is 11.9. The van der Waals surface area contributed by atoms with Gasteiger partial charge in [-0.1, -0.05) is 0 Å². The summed E-state index contributed by atoms with van der Waals surface area (Å²) in [4.78, 5) is 19.7. The zero-order chi connectivity index (χ0) is 16.3. The average Bonchev–Trinajstić information content (AvgIpc) is 2.33. The molecule has 0 atom stereocenters. The molecule has 0 aliphatic rings. The Morgan fingerprint density at radius 2 is 2.05 bits per heavy atom. The third-order valence-corrected chi connectivity index (χ3v) is 2.14. The second-order valence-corrected chi connectivity index (χ2v) is 5.21. The van der Waals surface area contributed by atoms with Crippen molar-refractivity contribution in [3.8, 4) is 0 Å². The van der Waals surface area contributed by atoms with E-state index in [0.717, 1.165) is 0 Å². The summed E-state index contributed by atoms with van der Waals surface area (Å²) in [7, 11) is 0. The van der Waals surface area contributed by atoms with Crippen LogP contribution >= 0.6 is 0 Å². The van der Waals surface area contributed by atoms with Crippen LogP contribution in [-0.2, 0) is 4.74 Å². The molecule has 0 radical (unpaired) electrons. The molecule has 0 aliphatic carbocycles. The van der Waals surface area contributed by atoms with Crippen molar-refractivity contribution in [1.82, 2.24) is 4.98 Å². The Labute approximate surface area is 120 Å². The molecule has 0 spiro atoms. The largest absolute Gasteiger partial charge is 0.443 e. The van der Waals surface area contributed by atoms with E-state index < -0.39 is 24.4 Å². The van der Waals surface area contributed by atoms with Gasteiger partial charge < -0.3 is 4.74 Å². The van der Waals surface area contributed by atoms with Gasteiger partial charge in [0.25, 0.3) is 0 Å². The van der Waals surface area contributed by atoms with Crippen molar-refractivity contribution in [2.45, 2.75) is 32.5 Å². The Morgan fingerprint density at radius 3 is 2.52 bits per heavy atom. The lowest BCUT2D eigenvalue weighted by Crippen LogP contribution is -2.42. The molecule has 0 aromatic carbocycles. The number of carbonyl (C=O) groups excluding carboxylic acids is 1. The molecule has 0 N–H and O–H groups in total. The van der Waals surface area contributed by atoms with Gasteiger partial charge in [0.05, 0.1) is 5.69 Å². The second-order valence-electron chi connectivity index (χ2n) is 5.21. The summed E-state index contributed by atoms with van der Waals surface area (Å²) in [5, 5.41) is 0. The van der Waals surface area contributed by atoms with Gasteiger partial charge in [-0.2, -0.15) is 13.2 Å². The van der Waals surface area contributed by atoms with Gasteiger partial charge in [0.1, 0.15) is 18.0 Å². The number of halogens is 3. The SMILES string of the molecule is C=Nc1ccnc(N(CC(F)(F)F)C(=O)OC(C)(C)C)c1. The van der Waals surface area contributed by atoms with Crippen molar-refractivity contribution >= 4 is 24.3 Å². The van der Waals surface area contributed by atoms with E-state index in [1.165, 1.54) is 18.3 Å². The molecule has 0 bridgehead atoms. The monoisotopic (exact) mass is 303 g/mol. The summed E-state index contributed by atoms with van der Waals surface area (Å²) >= 11 is 0. The van der Waals surface area contributed by atoms with Crippen LogP contribution < -0.4 is 4.90 Å². The Hall–Kier alpha value is -2.12. The number of hydrogen-bond donors (Lipinski definition) is 0. The van der Waals surface area contributed by atoms with Crippen molar-refractivity contribution in [3.05, 3.63) is 18.3 Å². The molecule has 1 rings (SSSR count). The number of rotatable bonds is 3. The summed E-state index contributed by atoms with van der Waals surface area (Å²) < 4.78 is 42.9. The zero-order valence-corrected chi connectivity index (χ0v) is 11.9. The molecule has 116 valence electrons. The van der Waals surface area contributed by atoms with Gasteiger partial charge in [-0.3, -0.25) is 9.89 Å². The van der Waals surface area contributed by atoms with Gasteiger partial charge in [0, 0.05) is 12.3 Å². The molecular weight excluding hydrogens is 287 g/mol. The fraction of sp³-hybridized carbons (Fsp3) is 0.462. The van der Waals surface area contributed by atoms with Crippen LogP contribution in [0.5, 0.6) is 0 Å². The molecule has 8 heteroatoms. The Balaban J connectivity index is 3.12. The quantitative estimate of drug-likeness (QED) is 0.800. The average molecular weight is 303 g/mol. The van der Waals surface area contributed by atoms with Crippen LogP contribution in [-0.4, -0.2) is 36.1 Å². The highest BCUT2D eigenvalue weighted by Crippen LogP contribution is 2.25. The maximum Gasteiger partial charge on any atom is 0.416 e. The number of anilines is 1. The van der Waals surface area contributed by atoms with Crippen LogP contribution in [0.2, 0.25) is 0 Å². The minimum absolute atomic E-state index is 0.202. The summed E-state index contributed by atoms with van der Waals surface area (Å²) in [6.45, 7) is 6.46. The fourth-order valence-corrected chi connectivity index (χ4v) is 1.39. The molecule has 0 saturated carbocycles. The molecule has 1 aromatic rings. The predicted octanol–water partition coefficient (Wildman–Crippen LogP) is 3.72. The molecule has 1 aromatic heterocycles. The lowest BCUT2D eigenvalue weighted by Gasteiger charge is -2.27. The van der Waals surface area contributed by atoms with E-state index in [1.54, 1.807) is 20.8 Å². The minimum Gasteiger partial charge on any atom is -0.443 e. The molecule has 1 amide bonds. The van der Waals surface area contributed by atoms with Crippen molar-refractivity contribution in [2.75, 3.05) is 11.4 Å². The van der Waals surface area contributed by atoms with Gasteiger partial charge >= 0.3 is 12.3 Å². The van der Waals surface area contributed by atoms with Gasteiger partial charge in [-0.15, -0.1) is 0 Å². The lowest BCUT2D eigenvalue weighted by molar-refractivity contribution is -0.119. The van der Waals surface area contributed by atoms with Crippen LogP contribution in [0.1, 0.15) is 20.8 Å². The van der Waals surface area contributed by atoms with Crippen LogP contribution in [0.4, 0.5) is 29.5 Å². The third-order valence-electron chi connectivity index (χ3n) is 2.14. The van der Waals surface area contributed by atoms with Gasteiger partial charge in [-0.05, 0) is 33.6 Å². The maximum atomic E-state index is 12.7. The first-order chi connectivity index (χ1) is 9.52. The van der Waals surface area contributed by atoms with Crippen LogP contribution in [0.3, 0.4) is 0 Å². The summed E-state index contributed by atoms with van der Waals surface area (Å²) in [6, 6.07) is 2.68.